The quantitative estimate of drug-likeness (QED) is 0.229. The minimum atomic E-state index is -0.547. The summed E-state index contributed by atoms with van der Waals surface area (Å²) in [4.78, 5) is 24.3. The van der Waals surface area contributed by atoms with Crippen LogP contribution in [0.1, 0.15) is 15.9 Å². The molecule has 0 atom stereocenters. The van der Waals surface area contributed by atoms with Crippen LogP contribution in [-0.2, 0) is 4.79 Å². The molecule has 1 N–H and O–H groups in total. The maximum Gasteiger partial charge on any atom is 0.343 e. The van der Waals surface area contributed by atoms with Crippen molar-refractivity contribution in [3.8, 4) is 23.0 Å². The van der Waals surface area contributed by atoms with Gasteiger partial charge in [-0.2, -0.15) is 5.10 Å². The zero-order valence-electron chi connectivity index (χ0n) is 16.9. The largest absolute Gasteiger partial charge is 0.482 e. The van der Waals surface area contributed by atoms with Crippen LogP contribution < -0.4 is 24.4 Å². The van der Waals surface area contributed by atoms with Crippen LogP contribution in [-0.4, -0.2) is 31.5 Å². The number of amides is 1. The van der Waals surface area contributed by atoms with E-state index in [-0.39, 0.29) is 13.4 Å². The summed E-state index contributed by atoms with van der Waals surface area (Å²) in [5, 5.41) is 4.64. The SMILES string of the molecule is O=C(COc1ccc(Cl)cc1Cl)N/N=C/c1cccc(OC(=O)c2ccc3c(c2)OCO3)c1. The molecule has 10 heteroatoms. The van der Waals surface area contributed by atoms with Gasteiger partial charge >= 0.3 is 5.97 Å². The summed E-state index contributed by atoms with van der Waals surface area (Å²) in [7, 11) is 0. The number of hydrogen-bond acceptors (Lipinski definition) is 7. The molecular formula is C23H16Cl2N2O6. The van der Waals surface area contributed by atoms with Crippen molar-refractivity contribution in [2.75, 3.05) is 13.4 Å². The summed E-state index contributed by atoms with van der Waals surface area (Å²) in [6, 6.07) is 16.1. The number of hydrogen-bond donors (Lipinski definition) is 1. The van der Waals surface area contributed by atoms with Crippen molar-refractivity contribution in [1.29, 1.82) is 0 Å². The van der Waals surface area contributed by atoms with Crippen LogP contribution >= 0.6 is 23.2 Å². The average molecular weight is 487 g/mol. The van der Waals surface area contributed by atoms with Crippen LogP contribution in [0.4, 0.5) is 0 Å². The molecule has 1 aliphatic rings. The van der Waals surface area contributed by atoms with Crippen molar-refractivity contribution in [2.24, 2.45) is 5.10 Å². The molecule has 0 radical (unpaired) electrons. The Morgan fingerprint density at radius 2 is 1.88 bits per heavy atom. The highest BCUT2D eigenvalue weighted by atomic mass is 35.5. The smallest absolute Gasteiger partial charge is 0.343 e. The van der Waals surface area contributed by atoms with Crippen molar-refractivity contribution in [2.45, 2.75) is 0 Å². The highest BCUT2D eigenvalue weighted by Crippen LogP contribution is 2.33. The summed E-state index contributed by atoms with van der Waals surface area (Å²) in [5.41, 5.74) is 3.27. The van der Waals surface area contributed by atoms with E-state index in [1.165, 1.54) is 12.3 Å². The predicted molar refractivity (Wildman–Crippen MR) is 122 cm³/mol. The number of rotatable bonds is 7. The minimum Gasteiger partial charge on any atom is -0.482 e. The van der Waals surface area contributed by atoms with Crippen molar-refractivity contribution in [1.82, 2.24) is 5.43 Å². The number of nitrogens with one attached hydrogen (secondary N) is 1. The second-order valence-corrected chi connectivity index (χ2v) is 7.53. The average Bonchev–Trinajstić information content (AvgIpc) is 3.27. The lowest BCUT2D eigenvalue weighted by atomic mass is 10.2. The highest BCUT2D eigenvalue weighted by Gasteiger charge is 2.17. The van der Waals surface area contributed by atoms with E-state index in [2.05, 4.69) is 10.5 Å². The molecule has 3 aromatic rings. The van der Waals surface area contributed by atoms with Crippen LogP contribution in [0.15, 0.2) is 65.8 Å². The van der Waals surface area contributed by atoms with Crippen LogP contribution in [0.25, 0.3) is 0 Å². The number of carbonyl (C=O) groups excluding carboxylic acids is 2. The van der Waals surface area contributed by atoms with Gasteiger partial charge in [0.1, 0.15) is 11.5 Å². The molecule has 0 aliphatic carbocycles. The maximum absolute atomic E-state index is 12.4. The van der Waals surface area contributed by atoms with Crippen molar-refractivity contribution >= 4 is 41.3 Å². The number of halogens is 2. The fourth-order valence-corrected chi connectivity index (χ4v) is 3.26. The molecule has 0 spiro atoms. The van der Waals surface area contributed by atoms with E-state index >= 15 is 0 Å². The van der Waals surface area contributed by atoms with Gasteiger partial charge in [0.05, 0.1) is 16.8 Å². The van der Waals surface area contributed by atoms with Gasteiger partial charge < -0.3 is 18.9 Å². The lowest BCUT2D eigenvalue weighted by molar-refractivity contribution is -0.123. The van der Waals surface area contributed by atoms with Crippen molar-refractivity contribution in [3.05, 3.63) is 81.8 Å². The zero-order valence-corrected chi connectivity index (χ0v) is 18.4. The zero-order chi connectivity index (χ0) is 23.2. The van der Waals surface area contributed by atoms with Gasteiger partial charge in [-0.05, 0) is 54.1 Å². The number of benzene rings is 3. The molecule has 1 amide bonds. The number of hydrazone groups is 1. The number of esters is 1. The van der Waals surface area contributed by atoms with E-state index < -0.39 is 11.9 Å². The second-order valence-electron chi connectivity index (χ2n) is 6.69. The van der Waals surface area contributed by atoms with Gasteiger partial charge in [0.25, 0.3) is 5.91 Å². The maximum atomic E-state index is 12.4. The van der Waals surface area contributed by atoms with E-state index in [0.29, 0.717) is 44.2 Å². The van der Waals surface area contributed by atoms with Gasteiger partial charge in [-0.15, -0.1) is 0 Å². The molecule has 0 saturated heterocycles. The van der Waals surface area contributed by atoms with Gasteiger partial charge in [0.2, 0.25) is 6.79 Å². The third-order valence-corrected chi connectivity index (χ3v) is 4.86. The van der Waals surface area contributed by atoms with Crippen molar-refractivity contribution < 1.29 is 28.5 Å². The van der Waals surface area contributed by atoms with Gasteiger partial charge in [-0.3, -0.25) is 4.79 Å². The van der Waals surface area contributed by atoms with Gasteiger partial charge in [-0.1, -0.05) is 35.3 Å². The lowest BCUT2D eigenvalue weighted by Gasteiger charge is -2.07. The summed E-state index contributed by atoms with van der Waals surface area (Å²) in [6.07, 6.45) is 1.41. The van der Waals surface area contributed by atoms with Crippen LogP contribution in [0.2, 0.25) is 10.0 Å². The second kappa shape index (κ2) is 10.2. The first-order chi connectivity index (χ1) is 16.0. The molecule has 1 heterocycles. The Bertz CT molecular complexity index is 1230. The molecule has 3 aromatic carbocycles. The highest BCUT2D eigenvalue weighted by molar-refractivity contribution is 6.35. The summed E-state index contributed by atoms with van der Waals surface area (Å²) in [5.74, 6) is 0.680. The normalized spacial score (nSPS) is 11.9. The molecule has 4 rings (SSSR count). The van der Waals surface area contributed by atoms with E-state index in [1.807, 2.05) is 0 Å². The lowest BCUT2D eigenvalue weighted by Crippen LogP contribution is -2.24. The monoisotopic (exact) mass is 486 g/mol. The first-order valence-corrected chi connectivity index (χ1v) is 10.4. The number of fused-ring (bicyclic) bond motifs is 1. The summed E-state index contributed by atoms with van der Waals surface area (Å²) in [6.45, 7) is -0.168. The first kappa shape index (κ1) is 22.4. The fraction of sp³-hybridized carbons (Fsp3) is 0.0870. The van der Waals surface area contributed by atoms with Gasteiger partial charge in [-0.25, -0.2) is 10.2 Å². The molecule has 0 unspecified atom stereocenters. The Kier molecular flexibility index (Phi) is 6.97. The number of nitrogens with zero attached hydrogens (tertiary/aromatic N) is 1. The Morgan fingerprint density at radius 3 is 2.73 bits per heavy atom. The fourth-order valence-electron chi connectivity index (χ4n) is 2.79. The topological polar surface area (TPSA) is 95.5 Å². The molecule has 8 nitrogen and oxygen atoms in total. The Balaban J connectivity index is 1.30. The van der Waals surface area contributed by atoms with E-state index in [1.54, 1.807) is 54.6 Å². The third-order valence-electron chi connectivity index (χ3n) is 4.33. The van der Waals surface area contributed by atoms with Crippen LogP contribution in [0, 0.1) is 0 Å². The minimum absolute atomic E-state index is 0.118. The number of ether oxygens (including phenoxy) is 4. The molecule has 0 aromatic heterocycles. The molecule has 0 saturated carbocycles. The molecule has 1 aliphatic heterocycles. The van der Waals surface area contributed by atoms with Crippen LogP contribution in [0.3, 0.4) is 0 Å². The number of carbonyl (C=O) groups is 2. The Morgan fingerprint density at radius 1 is 1.03 bits per heavy atom. The molecular weight excluding hydrogens is 471 g/mol. The Hall–Kier alpha value is -3.75. The predicted octanol–water partition coefficient (Wildman–Crippen LogP) is 4.47. The molecule has 0 bridgehead atoms. The molecule has 33 heavy (non-hydrogen) atoms. The standard InChI is InChI=1S/C23H16Cl2N2O6/c24-16-5-7-19(18(25)10-16)30-12-22(28)27-26-11-14-2-1-3-17(8-14)33-23(29)15-4-6-20-21(9-15)32-13-31-20/h1-11H,12-13H2,(H,27,28)/b26-11+. The van der Waals surface area contributed by atoms with Gasteiger partial charge in [0.15, 0.2) is 18.1 Å². The van der Waals surface area contributed by atoms with E-state index in [4.69, 9.17) is 42.1 Å². The molecule has 0 fully saturated rings. The van der Waals surface area contributed by atoms with Gasteiger partial charge in [0, 0.05) is 5.02 Å². The first-order valence-electron chi connectivity index (χ1n) is 9.59. The van der Waals surface area contributed by atoms with E-state index in [0.717, 1.165) is 0 Å². The van der Waals surface area contributed by atoms with E-state index in [9.17, 15) is 9.59 Å². The van der Waals surface area contributed by atoms with Crippen LogP contribution in [0.5, 0.6) is 23.0 Å². The third kappa shape index (κ3) is 5.94. The summed E-state index contributed by atoms with van der Waals surface area (Å²) >= 11 is 11.8. The summed E-state index contributed by atoms with van der Waals surface area (Å²) < 4.78 is 21.3. The van der Waals surface area contributed by atoms with Crippen molar-refractivity contribution in [3.63, 3.8) is 0 Å². The molecule has 168 valence electrons. The Labute approximate surface area is 198 Å².